The number of hydrogen-bond donors (Lipinski definition) is 3. The molecule has 182 valence electrons. The molecule has 7 nitrogen and oxygen atoms in total. The van der Waals surface area contributed by atoms with Gasteiger partial charge in [0.1, 0.15) is 12.6 Å². The molecule has 0 saturated carbocycles. The summed E-state index contributed by atoms with van der Waals surface area (Å²) in [5, 5.41) is 13.3. The fourth-order valence-corrected chi connectivity index (χ4v) is 3.81. The van der Waals surface area contributed by atoms with Crippen LogP contribution in [0.5, 0.6) is 0 Å². The first-order valence-corrected chi connectivity index (χ1v) is 10.6. The highest BCUT2D eigenvalue weighted by atomic mass is 19.4. The molecule has 0 aromatic heterocycles. The lowest BCUT2D eigenvalue weighted by atomic mass is 9.91. The van der Waals surface area contributed by atoms with Gasteiger partial charge in [0.05, 0.1) is 11.8 Å². The van der Waals surface area contributed by atoms with E-state index in [1.165, 1.54) is 13.8 Å². The average Bonchev–Trinajstić information content (AvgIpc) is 3.08. The molecule has 0 saturated heterocycles. The number of benzene rings is 2. The Bertz CT molecular complexity index is 1040. The third kappa shape index (κ3) is 5.86. The lowest BCUT2D eigenvalue weighted by Crippen LogP contribution is -2.51. The highest BCUT2D eigenvalue weighted by Crippen LogP contribution is 2.44. The molecule has 1 aliphatic rings. The summed E-state index contributed by atoms with van der Waals surface area (Å²) in [6, 6.07) is 13.5. The van der Waals surface area contributed by atoms with Gasteiger partial charge in [0.25, 0.3) is 0 Å². The molecule has 3 rings (SSSR count). The minimum absolute atomic E-state index is 0.0547. The van der Waals surface area contributed by atoms with Gasteiger partial charge in [-0.25, -0.2) is 9.59 Å². The summed E-state index contributed by atoms with van der Waals surface area (Å²) in [7, 11) is 0. The summed E-state index contributed by atoms with van der Waals surface area (Å²) < 4.78 is 43.1. The molecule has 2 aromatic rings. The van der Waals surface area contributed by atoms with E-state index in [0.717, 1.165) is 22.3 Å². The summed E-state index contributed by atoms with van der Waals surface area (Å²) in [5.74, 6) is -2.90. The first-order chi connectivity index (χ1) is 15.9. The van der Waals surface area contributed by atoms with Gasteiger partial charge >= 0.3 is 18.2 Å². The zero-order chi connectivity index (χ0) is 25.1. The molecule has 1 atom stereocenters. The normalized spacial score (nSPS) is 14.0. The molecule has 0 bridgehead atoms. The van der Waals surface area contributed by atoms with Gasteiger partial charge in [-0.2, -0.15) is 13.2 Å². The Morgan fingerprint density at radius 2 is 1.53 bits per heavy atom. The van der Waals surface area contributed by atoms with Gasteiger partial charge in [-0.3, -0.25) is 4.79 Å². The number of hydrogen-bond acceptors (Lipinski definition) is 4. The average molecular weight is 478 g/mol. The van der Waals surface area contributed by atoms with Gasteiger partial charge in [0, 0.05) is 12.5 Å². The number of fused-ring (bicyclic) bond motifs is 3. The number of alkyl carbamates (subject to hydrolysis) is 1. The van der Waals surface area contributed by atoms with Crippen molar-refractivity contribution in [2.75, 3.05) is 13.2 Å². The van der Waals surface area contributed by atoms with Gasteiger partial charge in [0.15, 0.2) is 0 Å². The van der Waals surface area contributed by atoms with E-state index in [4.69, 9.17) is 9.84 Å². The van der Waals surface area contributed by atoms with Crippen molar-refractivity contribution in [3.63, 3.8) is 0 Å². The number of carbonyl (C=O) groups excluding carboxylic acids is 2. The van der Waals surface area contributed by atoms with E-state index in [2.05, 4.69) is 5.32 Å². The number of nitrogens with one attached hydrogen (secondary N) is 2. The lowest BCUT2D eigenvalue weighted by molar-refractivity contribution is -0.160. The molecule has 3 N–H and O–H groups in total. The highest BCUT2D eigenvalue weighted by molar-refractivity contribution is 5.87. The Morgan fingerprint density at radius 3 is 2.03 bits per heavy atom. The first-order valence-electron chi connectivity index (χ1n) is 10.6. The van der Waals surface area contributed by atoms with E-state index in [9.17, 15) is 27.6 Å². The third-order valence-electron chi connectivity index (χ3n) is 5.67. The Morgan fingerprint density at radius 1 is 1.00 bits per heavy atom. The number of halogens is 3. The summed E-state index contributed by atoms with van der Waals surface area (Å²) in [5.41, 5.74) is 2.81. The van der Waals surface area contributed by atoms with Crippen LogP contribution in [0, 0.1) is 5.41 Å². The van der Waals surface area contributed by atoms with Crippen LogP contribution in [-0.2, 0) is 14.3 Å². The van der Waals surface area contributed by atoms with E-state index in [1.54, 1.807) is 0 Å². The molecule has 0 aliphatic heterocycles. The monoisotopic (exact) mass is 478 g/mol. The molecule has 2 amide bonds. The van der Waals surface area contributed by atoms with E-state index >= 15 is 0 Å². The predicted molar refractivity (Wildman–Crippen MR) is 117 cm³/mol. The second kappa shape index (κ2) is 9.74. The number of aliphatic carboxylic acids is 1. The second-order valence-electron chi connectivity index (χ2n) is 8.75. The number of carbonyl (C=O) groups is 3. The van der Waals surface area contributed by atoms with E-state index in [1.807, 2.05) is 53.8 Å². The van der Waals surface area contributed by atoms with Crippen molar-refractivity contribution < 1.29 is 37.4 Å². The molecular weight excluding hydrogens is 453 g/mol. The third-order valence-corrected chi connectivity index (χ3v) is 5.67. The maximum Gasteiger partial charge on any atom is 0.407 e. The van der Waals surface area contributed by atoms with Crippen molar-refractivity contribution in [1.29, 1.82) is 0 Å². The van der Waals surface area contributed by atoms with Crippen LogP contribution in [0.25, 0.3) is 11.1 Å². The molecule has 1 unspecified atom stereocenters. The molecule has 2 aromatic carbocycles. The SMILES string of the molecule is CC(C)(CNC(=O)OCC1c2ccccc2-c2ccccc21)C(=O)NC(CC(F)(F)F)C(=O)O. The van der Waals surface area contributed by atoms with Crippen LogP contribution < -0.4 is 10.6 Å². The Balaban J connectivity index is 1.56. The molecule has 0 fully saturated rings. The second-order valence-corrected chi connectivity index (χ2v) is 8.75. The molecular formula is C24H25F3N2O5. The zero-order valence-corrected chi connectivity index (χ0v) is 18.6. The number of alkyl halides is 3. The van der Waals surface area contributed by atoms with Crippen molar-refractivity contribution in [2.24, 2.45) is 5.41 Å². The summed E-state index contributed by atoms with van der Waals surface area (Å²) in [4.78, 5) is 35.8. The van der Waals surface area contributed by atoms with Crippen molar-refractivity contribution in [3.8, 4) is 11.1 Å². The van der Waals surface area contributed by atoms with E-state index < -0.39 is 42.0 Å². The molecule has 1 aliphatic carbocycles. The molecule has 34 heavy (non-hydrogen) atoms. The molecule has 0 heterocycles. The first kappa shape index (κ1) is 25.1. The quantitative estimate of drug-likeness (QED) is 0.531. The minimum atomic E-state index is -4.76. The zero-order valence-electron chi connectivity index (χ0n) is 18.6. The summed E-state index contributed by atoms with van der Waals surface area (Å²) >= 11 is 0. The summed E-state index contributed by atoms with van der Waals surface area (Å²) in [6.07, 6.45) is -7.27. The van der Waals surface area contributed by atoms with E-state index in [-0.39, 0.29) is 19.1 Å². The number of amides is 2. The van der Waals surface area contributed by atoms with Crippen LogP contribution >= 0.6 is 0 Å². The fraction of sp³-hybridized carbons (Fsp3) is 0.375. The fourth-order valence-electron chi connectivity index (χ4n) is 3.81. The maximum absolute atomic E-state index is 12.6. The predicted octanol–water partition coefficient (Wildman–Crippen LogP) is 4.07. The van der Waals surface area contributed by atoms with Crippen LogP contribution in [0.3, 0.4) is 0 Å². The Kier molecular flexibility index (Phi) is 7.18. The van der Waals surface area contributed by atoms with Crippen LogP contribution in [-0.4, -0.2) is 48.4 Å². The van der Waals surface area contributed by atoms with Gasteiger partial charge in [-0.15, -0.1) is 0 Å². The van der Waals surface area contributed by atoms with Crippen LogP contribution in [0.15, 0.2) is 48.5 Å². The number of ether oxygens (including phenoxy) is 1. The standard InChI is InChI=1S/C24H25F3N2O5/c1-23(2,21(32)29-19(20(30)31)11-24(25,26)27)13-28-22(33)34-12-18-16-9-5-3-7-14(16)15-8-4-6-10-17(15)18/h3-10,18-19H,11-13H2,1-2H3,(H,28,33)(H,29,32)(H,30,31). The van der Waals surface area contributed by atoms with Gasteiger partial charge < -0.3 is 20.5 Å². The Labute approximate surface area is 194 Å². The van der Waals surface area contributed by atoms with Gasteiger partial charge in [-0.1, -0.05) is 48.5 Å². The molecule has 0 radical (unpaired) electrons. The van der Waals surface area contributed by atoms with Crippen LogP contribution in [0.4, 0.5) is 18.0 Å². The smallest absolute Gasteiger partial charge is 0.407 e. The number of carboxylic acids is 1. The van der Waals surface area contributed by atoms with Crippen molar-refractivity contribution in [2.45, 2.75) is 38.4 Å². The van der Waals surface area contributed by atoms with Crippen molar-refractivity contribution in [3.05, 3.63) is 59.7 Å². The highest BCUT2D eigenvalue weighted by Gasteiger charge is 2.39. The van der Waals surface area contributed by atoms with E-state index in [0.29, 0.717) is 0 Å². The number of carboxylic acid groups (broad SMARTS) is 1. The van der Waals surface area contributed by atoms with Gasteiger partial charge in [-0.05, 0) is 36.1 Å². The maximum atomic E-state index is 12.6. The van der Waals surface area contributed by atoms with Gasteiger partial charge in [0.2, 0.25) is 5.91 Å². The number of rotatable bonds is 8. The van der Waals surface area contributed by atoms with Crippen LogP contribution in [0.1, 0.15) is 37.3 Å². The van der Waals surface area contributed by atoms with Crippen molar-refractivity contribution >= 4 is 18.0 Å². The van der Waals surface area contributed by atoms with Crippen molar-refractivity contribution in [1.82, 2.24) is 10.6 Å². The Hall–Kier alpha value is -3.56. The molecule has 10 heteroatoms. The largest absolute Gasteiger partial charge is 0.480 e. The topological polar surface area (TPSA) is 105 Å². The minimum Gasteiger partial charge on any atom is -0.480 e. The lowest BCUT2D eigenvalue weighted by Gasteiger charge is -2.26. The summed E-state index contributed by atoms with van der Waals surface area (Å²) in [6.45, 7) is 2.53. The van der Waals surface area contributed by atoms with Crippen LogP contribution in [0.2, 0.25) is 0 Å². The molecule has 0 spiro atoms.